The second-order valence-electron chi connectivity index (χ2n) is 10.5. The van der Waals surface area contributed by atoms with E-state index in [0.29, 0.717) is 42.1 Å². The number of ether oxygens (including phenoxy) is 1. The monoisotopic (exact) mass is 581 g/mol. The number of rotatable bonds is 13. The SMILES string of the molecule is COc1ccc2c(c1)[C@](O)([C@@H](C)/C=C/CCn1cc(CCO)nn1)C(=O)N2Cc1cccc(N(C=O)c2ccccc2)c1. The lowest BCUT2D eigenvalue weighted by molar-refractivity contribution is -0.139. The van der Waals surface area contributed by atoms with Crippen molar-refractivity contribution in [3.05, 3.63) is 108 Å². The Labute approximate surface area is 250 Å². The van der Waals surface area contributed by atoms with Crippen LogP contribution in [0.1, 0.15) is 30.2 Å². The van der Waals surface area contributed by atoms with Gasteiger partial charge in [0.05, 0.1) is 25.0 Å². The molecular weight excluding hydrogens is 546 g/mol. The van der Waals surface area contributed by atoms with Crippen LogP contribution >= 0.6 is 0 Å². The number of methoxy groups -OCH3 is 1. The van der Waals surface area contributed by atoms with Gasteiger partial charge in [0.25, 0.3) is 5.91 Å². The molecule has 2 N–H and O–H groups in total. The summed E-state index contributed by atoms with van der Waals surface area (Å²) >= 11 is 0. The third-order valence-electron chi connectivity index (χ3n) is 7.71. The molecule has 1 aliphatic rings. The highest BCUT2D eigenvalue weighted by Crippen LogP contribution is 2.47. The Kier molecular flexibility index (Phi) is 8.98. The lowest BCUT2D eigenvalue weighted by atomic mass is 9.83. The van der Waals surface area contributed by atoms with Crippen molar-refractivity contribution in [3.8, 4) is 5.75 Å². The third-order valence-corrected chi connectivity index (χ3v) is 7.71. The van der Waals surface area contributed by atoms with Gasteiger partial charge >= 0.3 is 0 Å². The minimum atomic E-state index is -1.81. The zero-order valence-corrected chi connectivity index (χ0v) is 24.2. The van der Waals surface area contributed by atoms with Crippen LogP contribution in [-0.4, -0.2) is 51.2 Å². The number of aryl methyl sites for hydroxylation is 1. The van der Waals surface area contributed by atoms with Crippen LogP contribution in [0.3, 0.4) is 0 Å². The molecule has 10 heteroatoms. The highest BCUT2D eigenvalue weighted by molar-refractivity contribution is 6.07. The van der Waals surface area contributed by atoms with Gasteiger partial charge in [0.2, 0.25) is 6.41 Å². The van der Waals surface area contributed by atoms with E-state index in [1.54, 1.807) is 46.0 Å². The maximum Gasteiger partial charge on any atom is 0.264 e. The molecule has 10 nitrogen and oxygen atoms in total. The van der Waals surface area contributed by atoms with E-state index in [1.165, 1.54) is 0 Å². The van der Waals surface area contributed by atoms with Crippen molar-refractivity contribution in [2.75, 3.05) is 23.5 Å². The highest BCUT2D eigenvalue weighted by atomic mass is 16.5. The highest BCUT2D eigenvalue weighted by Gasteiger charge is 2.52. The van der Waals surface area contributed by atoms with E-state index < -0.39 is 17.4 Å². The topological polar surface area (TPSA) is 121 Å². The number of amides is 2. The van der Waals surface area contributed by atoms with E-state index in [9.17, 15) is 14.7 Å². The molecule has 0 saturated heterocycles. The summed E-state index contributed by atoms with van der Waals surface area (Å²) < 4.78 is 7.14. The molecule has 1 aliphatic heterocycles. The molecule has 2 atom stereocenters. The molecule has 5 rings (SSSR count). The van der Waals surface area contributed by atoms with Crippen molar-refractivity contribution in [3.63, 3.8) is 0 Å². The number of hydrogen-bond donors (Lipinski definition) is 2. The molecule has 1 aromatic heterocycles. The summed E-state index contributed by atoms with van der Waals surface area (Å²) in [5.41, 5.74) is 2.20. The van der Waals surface area contributed by atoms with Crippen LogP contribution in [0.2, 0.25) is 0 Å². The van der Waals surface area contributed by atoms with Gasteiger partial charge in [0.1, 0.15) is 5.75 Å². The summed E-state index contributed by atoms with van der Waals surface area (Å²) in [6.07, 6.45) is 7.40. The molecule has 0 unspecified atom stereocenters. The van der Waals surface area contributed by atoms with E-state index in [4.69, 9.17) is 9.84 Å². The number of benzene rings is 3. The van der Waals surface area contributed by atoms with Gasteiger partial charge in [-0.15, -0.1) is 5.10 Å². The summed E-state index contributed by atoms with van der Waals surface area (Å²) in [5.74, 6) is -0.440. The number of fused-ring (bicyclic) bond motifs is 1. The molecule has 0 radical (unpaired) electrons. The maximum atomic E-state index is 14.0. The number of anilines is 3. The third kappa shape index (κ3) is 6.06. The lowest BCUT2D eigenvalue weighted by Crippen LogP contribution is -2.44. The van der Waals surface area contributed by atoms with Gasteiger partial charge in [-0.3, -0.25) is 19.2 Å². The Bertz CT molecular complexity index is 1600. The summed E-state index contributed by atoms with van der Waals surface area (Å²) in [6, 6.07) is 22.1. The zero-order valence-electron chi connectivity index (χ0n) is 24.2. The minimum absolute atomic E-state index is 0.0162. The van der Waals surface area contributed by atoms with Gasteiger partial charge in [-0.05, 0) is 54.4 Å². The molecule has 0 saturated carbocycles. The quantitative estimate of drug-likeness (QED) is 0.180. The van der Waals surface area contributed by atoms with Gasteiger partial charge in [0.15, 0.2) is 5.60 Å². The first kappa shape index (κ1) is 29.7. The first-order valence-corrected chi connectivity index (χ1v) is 14.2. The Morgan fingerprint density at radius 2 is 1.86 bits per heavy atom. The molecule has 4 aromatic rings. The number of aliphatic hydroxyl groups excluding tert-OH is 1. The molecule has 222 valence electrons. The number of aromatic nitrogens is 3. The van der Waals surface area contributed by atoms with Crippen LogP contribution < -0.4 is 14.5 Å². The van der Waals surface area contributed by atoms with Gasteiger partial charge in [-0.25, -0.2) is 0 Å². The molecule has 43 heavy (non-hydrogen) atoms. The second kappa shape index (κ2) is 13.0. The molecule has 0 bridgehead atoms. The largest absolute Gasteiger partial charge is 0.497 e. The lowest BCUT2D eigenvalue weighted by Gasteiger charge is -2.28. The summed E-state index contributed by atoms with van der Waals surface area (Å²) in [4.78, 5) is 29.2. The van der Waals surface area contributed by atoms with Crippen molar-refractivity contribution in [2.45, 2.75) is 38.5 Å². The fraction of sp³-hybridized carbons (Fsp3) is 0.273. The molecule has 2 amide bonds. The van der Waals surface area contributed by atoms with Gasteiger partial charge in [0, 0.05) is 48.6 Å². The van der Waals surface area contributed by atoms with E-state index in [-0.39, 0.29) is 13.2 Å². The Balaban J connectivity index is 1.38. The van der Waals surface area contributed by atoms with E-state index >= 15 is 0 Å². The van der Waals surface area contributed by atoms with Crippen molar-refractivity contribution in [2.24, 2.45) is 5.92 Å². The number of carbonyl (C=O) groups excluding carboxylic acids is 2. The average Bonchev–Trinajstić information content (AvgIpc) is 3.57. The number of aliphatic hydroxyl groups is 2. The molecule has 3 aromatic carbocycles. The molecule has 0 aliphatic carbocycles. The van der Waals surface area contributed by atoms with Crippen LogP contribution in [0, 0.1) is 5.92 Å². The standard InChI is InChI=1S/C33H35N5O5/c1-24(9-6-7-17-36-22-26(16-18-39)34-35-36)33(42)30-20-29(43-2)14-15-31(30)37(32(33)41)21-25-10-8-13-28(19-25)38(23-40)27-11-4-3-5-12-27/h3-6,8-15,19-20,22-24,39,42H,7,16-18,21H2,1-2H3/b9-6+/t24-,33+/m0/s1. The first-order valence-electron chi connectivity index (χ1n) is 14.2. The van der Waals surface area contributed by atoms with Crippen molar-refractivity contribution >= 4 is 29.4 Å². The number of carbonyl (C=O) groups is 2. The number of para-hydroxylation sites is 1. The zero-order chi connectivity index (χ0) is 30.4. The molecule has 0 spiro atoms. The van der Waals surface area contributed by atoms with Gasteiger partial charge in [-0.1, -0.05) is 54.6 Å². The Morgan fingerprint density at radius 1 is 1.07 bits per heavy atom. The number of allylic oxidation sites excluding steroid dienone is 1. The fourth-order valence-electron chi connectivity index (χ4n) is 5.38. The number of nitrogens with zero attached hydrogens (tertiary/aromatic N) is 5. The van der Waals surface area contributed by atoms with Crippen LogP contribution in [0.15, 0.2) is 91.1 Å². The van der Waals surface area contributed by atoms with E-state index in [1.807, 2.05) is 73.7 Å². The van der Waals surface area contributed by atoms with Crippen LogP contribution in [0.25, 0.3) is 0 Å². The van der Waals surface area contributed by atoms with Gasteiger partial charge < -0.3 is 19.8 Å². The minimum Gasteiger partial charge on any atom is -0.497 e. The van der Waals surface area contributed by atoms with E-state index in [2.05, 4.69) is 10.3 Å². The van der Waals surface area contributed by atoms with Crippen molar-refractivity contribution in [1.29, 1.82) is 0 Å². The van der Waals surface area contributed by atoms with Gasteiger partial charge in [-0.2, -0.15) is 0 Å². The summed E-state index contributed by atoms with van der Waals surface area (Å²) in [7, 11) is 1.55. The first-order chi connectivity index (χ1) is 20.9. The smallest absolute Gasteiger partial charge is 0.264 e. The fourth-order valence-corrected chi connectivity index (χ4v) is 5.38. The predicted octanol–water partition coefficient (Wildman–Crippen LogP) is 4.13. The average molecular weight is 582 g/mol. The maximum absolute atomic E-state index is 14.0. The Hall–Kier alpha value is -4.80. The summed E-state index contributed by atoms with van der Waals surface area (Å²) in [5, 5.41) is 29.2. The van der Waals surface area contributed by atoms with Crippen LogP contribution in [0.4, 0.5) is 17.1 Å². The molecule has 2 heterocycles. The van der Waals surface area contributed by atoms with Crippen LogP contribution in [-0.2, 0) is 34.7 Å². The summed E-state index contributed by atoms with van der Waals surface area (Å²) in [6.45, 7) is 2.61. The molecule has 0 fully saturated rings. The normalized spacial score (nSPS) is 16.8. The van der Waals surface area contributed by atoms with Crippen molar-refractivity contribution < 1.29 is 24.5 Å². The Morgan fingerprint density at radius 3 is 2.60 bits per heavy atom. The van der Waals surface area contributed by atoms with Crippen molar-refractivity contribution in [1.82, 2.24) is 15.0 Å². The predicted molar refractivity (Wildman–Crippen MR) is 163 cm³/mol. The van der Waals surface area contributed by atoms with Crippen LogP contribution in [0.5, 0.6) is 5.75 Å². The second-order valence-corrected chi connectivity index (χ2v) is 10.5. The number of hydrogen-bond acceptors (Lipinski definition) is 7. The van der Waals surface area contributed by atoms with E-state index in [0.717, 1.165) is 23.4 Å². The molecular formula is C33H35N5O5.